The third-order valence-corrected chi connectivity index (χ3v) is 11.4. The summed E-state index contributed by atoms with van der Waals surface area (Å²) < 4.78 is 28.0. The number of hydrogen-bond acceptors (Lipinski definition) is 7. The van der Waals surface area contributed by atoms with E-state index in [1.807, 2.05) is 9.47 Å². The highest BCUT2D eigenvalue weighted by atomic mass is 28.3. The number of fused-ring (bicyclic) bond motifs is 3. The van der Waals surface area contributed by atoms with Gasteiger partial charge in [-0.1, -0.05) is 32.6 Å². The molecular formula is C36H45FN6O5Si. The Kier molecular flexibility index (Phi) is 8.64. The van der Waals surface area contributed by atoms with Gasteiger partial charge in [-0.25, -0.2) is 14.2 Å². The molecule has 0 bridgehead atoms. The van der Waals surface area contributed by atoms with Gasteiger partial charge in [0.2, 0.25) is 0 Å². The third-order valence-electron chi connectivity index (χ3n) is 9.65. The van der Waals surface area contributed by atoms with Gasteiger partial charge in [0, 0.05) is 57.1 Å². The summed E-state index contributed by atoms with van der Waals surface area (Å²) in [5.74, 6) is -1.00. The zero-order valence-electron chi connectivity index (χ0n) is 29.4. The Morgan fingerprint density at radius 2 is 1.88 bits per heavy atom. The van der Waals surface area contributed by atoms with Crippen molar-refractivity contribution in [2.75, 3.05) is 25.0 Å². The molecule has 1 aromatic carbocycles. The number of pyridine rings is 1. The van der Waals surface area contributed by atoms with Crippen LogP contribution in [0.4, 0.5) is 15.0 Å². The fourth-order valence-electron chi connectivity index (χ4n) is 6.83. The maximum atomic E-state index is 14.6. The van der Waals surface area contributed by atoms with Gasteiger partial charge in [0.15, 0.2) is 0 Å². The highest BCUT2D eigenvalue weighted by Gasteiger charge is 2.60. The Hall–Kier alpha value is -4.28. The summed E-state index contributed by atoms with van der Waals surface area (Å²) in [7, 11) is -1.41. The zero-order valence-corrected chi connectivity index (χ0v) is 30.4. The maximum absolute atomic E-state index is 14.6. The van der Waals surface area contributed by atoms with E-state index < -0.39 is 37.0 Å². The fraction of sp³-hybridized carbons (Fsp3) is 0.528. The first-order valence-electron chi connectivity index (χ1n) is 16.9. The quantitative estimate of drug-likeness (QED) is 0.188. The second kappa shape index (κ2) is 12.2. The van der Waals surface area contributed by atoms with Gasteiger partial charge < -0.3 is 23.8 Å². The van der Waals surface area contributed by atoms with E-state index in [0.717, 1.165) is 18.9 Å². The molecule has 1 N–H and O–H groups in total. The molecule has 49 heavy (non-hydrogen) atoms. The molecule has 1 atom stereocenters. The Labute approximate surface area is 287 Å². The minimum Gasteiger partial charge on any atom is -0.444 e. The molecule has 1 saturated heterocycles. The molecule has 2 fully saturated rings. The number of likely N-dealkylation sites (tertiary alicyclic amines) is 1. The van der Waals surface area contributed by atoms with Crippen molar-refractivity contribution in [3.8, 4) is 6.07 Å². The summed E-state index contributed by atoms with van der Waals surface area (Å²) in [5, 5.41) is 12.9. The fourth-order valence-corrected chi connectivity index (χ4v) is 7.59. The molecule has 260 valence electrons. The van der Waals surface area contributed by atoms with E-state index in [1.165, 1.54) is 18.2 Å². The number of hydrogen-bond donors (Lipinski definition) is 1. The van der Waals surface area contributed by atoms with Crippen LogP contribution in [0.1, 0.15) is 74.1 Å². The number of amides is 3. The van der Waals surface area contributed by atoms with E-state index >= 15 is 0 Å². The first-order chi connectivity index (χ1) is 22.9. The van der Waals surface area contributed by atoms with E-state index in [0.29, 0.717) is 48.4 Å². The Bertz CT molecular complexity index is 1890. The summed E-state index contributed by atoms with van der Waals surface area (Å²) in [6, 6.07) is 10.5. The van der Waals surface area contributed by atoms with Crippen molar-refractivity contribution in [3.63, 3.8) is 0 Å². The standard InChI is InChI=1S/C36H45FN6O5Si/c1-34(2,3)48-33(46)40-29-16-23(19-38)30-28(39-29)18-25(42(30)22-47-14-15-49(5,6)7)20-43-31(44)26-17-24(37)8-9-27(26)36(43)12-13-41(32(36)45)21-35(4)10-11-35/h8-9,16-18H,10-15,20-22H2,1-7H3,(H,39,40,46)/t36-/m0/s1. The van der Waals surface area contributed by atoms with Crippen molar-refractivity contribution in [1.29, 1.82) is 5.26 Å². The molecule has 2 aliphatic heterocycles. The summed E-state index contributed by atoms with van der Waals surface area (Å²) in [6.07, 6.45) is 1.76. The number of carbonyl (C=O) groups is 3. The number of aromatic nitrogens is 2. The van der Waals surface area contributed by atoms with E-state index in [4.69, 9.17) is 9.47 Å². The average molecular weight is 689 g/mol. The monoisotopic (exact) mass is 688 g/mol. The highest BCUT2D eigenvalue weighted by Crippen LogP contribution is 2.51. The number of nitrogens with one attached hydrogen (secondary N) is 1. The maximum Gasteiger partial charge on any atom is 0.413 e. The zero-order chi connectivity index (χ0) is 35.5. The lowest BCUT2D eigenvalue weighted by molar-refractivity contribution is -0.138. The van der Waals surface area contributed by atoms with Crippen LogP contribution in [0.5, 0.6) is 0 Å². The van der Waals surface area contributed by atoms with Gasteiger partial charge in [-0.05, 0) is 63.3 Å². The number of anilines is 1. The van der Waals surface area contributed by atoms with Crippen molar-refractivity contribution in [3.05, 3.63) is 58.5 Å². The normalized spacial score (nSPS) is 19.9. The van der Waals surface area contributed by atoms with Crippen LogP contribution in [0.3, 0.4) is 0 Å². The smallest absolute Gasteiger partial charge is 0.413 e. The Morgan fingerprint density at radius 1 is 1.14 bits per heavy atom. The molecule has 3 aromatic rings. The minimum absolute atomic E-state index is 0.0145. The van der Waals surface area contributed by atoms with E-state index in [-0.39, 0.29) is 41.5 Å². The predicted octanol–water partition coefficient (Wildman–Crippen LogP) is 6.59. The topological polar surface area (TPSA) is 130 Å². The van der Waals surface area contributed by atoms with Gasteiger partial charge >= 0.3 is 6.09 Å². The molecule has 13 heteroatoms. The second-order valence-electron chi connectivity index (χ2n) is 16.2. The number of benzene rings is 1. The van der Waals surface area contributed by atoms with Crippen molar-refractivity contribution >= 4 is 42.8 Å². The second-order valence-corrected chi connectivity index (χ2v) is 21.8. The molecule has 11 nitrogen and oxygen atoms in total. The molecule has 0 radical (unpaired) electrons. The lowest BCUT2D eigenvalue weighted by Gasteiger charge is -2.35. The molecule has 1 spiro atoms. The molecule has 4 heterocycles. The van der Waals surface area contributed by atoms with E-state index in [1.54, 1.807) is 37.8 Å². The van der Waals surface area contributed by atoms with Gasteiger partial charge in [-0.2, -0.15) is 5.26 Å². The van der Waals surface area contributed by atoms with Gasteiger partial charge in [0.05, 0.1) is 23.1 Å². The van der Waals surface area contributed by atoms with Crippen LogP contribution < -0.4 is 5.32 Å². The third kappa shape index (κ3) is 6.81. The number of halogens is 1. The van der Waals surface area contributed by atoms with Crippen molar-refractivity contribution in [1.82, 2.24) is 19.4 Å². The van der Waals surface area contributed by atoms with Gasteiger partial charge in [0.25, 0.3) is 11.8 Å². The van der Waals surface area contributed by atoms with Crippen LogP contribution in [-0.4, -0.2) is 70.6 Å². The molecular weight excluding hydrogens is 644 g/mol. The molecule has 1 aliphatic carbocycles. The summed E-state index contributed by atoms with van der Waals surface area (Å²) in [4.78, 5) is 49.3. The first kappa shape index (κ1) is 34.6. The van der Waals surface area contributed by atoms with Crippen molar-refractivity contribution < 1.29 is 28.2 Å². The SMILES string of the molecule is CC1(CN2CC[C@@]3(C2=O)c2ccc(F)cc2C(=O)N3Cc2cc3nc(NC(=O)OC(C)(C)C)cc(C#N)c3n2COCC[Si](C)(C)C)CC1. The number of carbonyl (C=O) groups excluding carboxylic acids is 3. The molecule has 6 rings (SSSR count). The average Bonchev–Trinajstić information content (AvgIpc) is 3.41. The number of rotatable bonds is 10. The highest BCUT2D eigenvalue weighted by molar-refractivity contribution is 6.76. The lowest BCUT2D eigenvalue weighted by atomic mass is 9.87. The Morgan fingerprint density at radius 3 is 2.53 bits per heavy atom. The van der Waals surface area contributed by atoms with Gasteiger partial charge in [-0.3, -0.25) is 14.9 Å². The summed E-state index contributed by atoms with van der Waals surface area (Å²) in [6.45, 7) is 15.8. The summed E-state index contributed by atoms with van der Waals surface area (Å²) >= 11 is 0. The summed E-state index contributed by atoms with van der Waals surface area (Å²) in [5.41, 5.74) is 0.447. The largest absolute Gasteiger partial charge is 0.444 e. The molecule has 2 aromatic heterocycles. The van der Waals surface area contributed by atoms with Crippen molar-refractivity contribution in [2.45, 2.75) is 97.1 Å². The molecule has 0 unspecified atom stereocenters. The van der Waals surface area contributed by atoms with Crippen LogP contribution in [0.25, 0.3) is 11.0 Å². The number of nitrogens with zero attached hydrogens (tertiary/aromatic N) is 5. The number of ether oxygens (including phenoxy) is 2. The van der Waals surface area contributed by atoms with E-state index in [2.05, 4.69) is 42.9 Å². The first-order valence-corrected chi connectivity index (χ1v) is 20.6. The lowest BCUT2D eigenvalue weighted by Crippen LogP contribution is -2.50. The van der Waals surface area contributed by atoms with Gasteiger partial charge in [-0.15, -0.1) is 0 Å². The van der Waals surface area contributed by atoms with E-state index in [9.17, 15) is 24.0 Å². The van der Waals surface area contributed by atoms with Crippen molar-refractivity contribution in [2.24, 2.45) is 5.41 Å². The molecule has 3 amide bonds. The van der Waals surface area contributed by atoms with Gasteiger partial charge in [0.1, 0.15) is 35.6 Å². The van der Waals surface area contributed by atoms with Crippen LogP contribution >= 0.6 is 0 Å². The molecule has 1 saturated carbocycles. The number of nitriles is 1. The molecule has 3 aliphatic rings. The predicted molar refractivity (Wildman–Crippen MR) is 185 cm³/mol. The van der Waals surface area contributed by atoms with Crippen LogP contribution in [0.2, 0.25) is 25.7 Å². The minimum atomic E-state index is -1.41. The van der Waals surface area contributed by atoms with Crippen LogP contribution in [0, 0.1) is 22.6 Å². The van der Waals surface area contributed by atoms with Crippen LogP contribution in [0.15, 0.2) is 30.3 Å². The van der Waals surface area contributed by atoms with Crippen LogP contribution in [-0.2, 0) is 33.1 Å². The Balaban J connectivity index is 1.41.